The fraction of sp³-hybridized carbons (Fsp3) is 0.231. The summed E-state index contributed by atoms with van der Waals surface area (Å²) in [5, 5.41) is 1.38. The predicted octanol–water partition coefficient (Wildman–Crippen LogP) is 6.34. The van der Waals surface area contributed by atoms with Crippen molar-refractivity contribution in [1.82, 2.24) is 5.43 Å². The van der Waals surface area contributed by atoms with Gasteiger partial charge < -0.3 is 9.64 Å². The van der Waals surface area contributed by atoms with Crippen LogP contribution in [-0.4, -0.2) is 18.4 Å². The molecule has 1 aliphatic rings. The second-order valence-electron chi connectivity index (χ2n) is 8.47. The molecule has 2 amide bonds. The van der Waals surface area contributed by atoms with Crippen LogP contribution in [0.1, 0.15) is 23.1 Å². The molecule has 4 rings (SSSR count). The highest BCUT2D eigenvalue weighted by Crippen LogP contribution is 2.30. The first-order valence-corrected chi connectivity index (χ1v) is 12.1. The molecular formula is C26H24Cl3N3O3. The van der Waals surface area contributed by atoms with Crippen LogP contribution in [0, 0.1) is 19.8 Å². The fourth-order valence-electron chi connectivity index (χ4n) is 3.77. The van der Waals surface area contributed by atoms with Crippen molar-refractivity contribution in [3.63, 3.8) is 0 Å². The monoisotopic (exact) mass is 531 g/mol. The Morgan fingerprint density at radius 3 is 2.54 bits per heavy atom. The van der Waals surface area contributed by atoms with Crippen molar-refractivity contribution < 1.29 is 14.3 Å². The van der Waals surface area contributed by atoms with Crippen molar-refractivity contribution in [2.75, 3.05) is 16.9 Å². The maximum absolute atomic E-state index is 12.9. The Bertz CT molecular complexity index is 1280. The molecule has 2 N–H and O–H groups in total. The Kier molecular flexibility index (Phi) is 7.75. The number of hydrazine groups is 1. The Morgan fingerprint density at radius 1 is 1.00 bits per heavy atom. The minimum Gasteiger partial charge on any atom is -0.487 e. The summed E-state index contributed by atoms with van der Waals surface area (Å²) in [5.41, 5.74) is 9.95. The first kappa shape index (κ1) is 25.2. The van der Waals surface area contributed by atoms with Gasteiger partial charge in [0.2, 0.25) is 11.8 Å². The van der Waals surface area contributed by atoms with E-state index in [1.807, 2.05) is 38.1 Å². The molecule has 6 nitrogen and oxygen atoms in total. The first-order valence-electron chi connectivity index (χ1n) is 11.0. The van der Waals surface area contributed by atoms with Crippen molar-refractivity contribution in [3.8, 4) is 5.75 Å². The van der Waals surface area contributed by atoms with Gasteiger partial charge in [0.25, 0.3) is 0 Å². The Hall–Kier alpha value is -2.93. The summed E-state index contributed by atoms with van der Waals surface area (Å²) in [6.07, 6.45) is 0.136. The van der Waals surface area contributed by atoms with Crippen molar-refractivity contribution in [1.29, 1.82) is 0 Å². The number of anilines is 2. The normalized spacial score (nSPS) is 15.3. The molecule has 182 valence electrons. The van der Waals surface area contributed by atoms with Gasteiger partial charge in [-0.05, 0) is 73.0 Å². The molecule has 1 aliphatic heterocycles. The maximum Gasteiger partial charge on any atom is 0.243 e. The highest BCUT2D eigenvalue weighted by molar-refractivity contribution is 6.42. The summed E-state index contributed by atoms with van der Waals surface area (Å²) in [5.74, 6) is -0.377. The third kappa shape index (κ3) is 6.01. The molecular weight excluding hydrogens is 509 g/mol. The van der Waals surface area contributed by atoms with E-state index in [4.69, 9.17) is 39.5 Å². The van der Waals surface area contributed by atoms with Crippen molar-refractivity contribution >= 4 is 58.0 Å². The van der Waals surface area contributed by atoms with Gasteiger partial charge in [-0.3, -0.25) is 20.4 Å². The number of carbonyl (C=O) groups excluding carboxylic acids is 2. The van der Waals surface area contributed by atoms with E-state index in [2.05, 4.69) is 10.9 Å². The van der Waals surface area contributed by atoms with E-state index in [-0.39, 0.29) is 24.8 Å². The van der Waals surface area contributed by atoms with Crippen LogP contribution >= 0.6 is 34.8 Å². The molecule has 0 bridgehead atoms. The van der Waals surface area contributed by atoms with Crippen LogP contribution < -0.4 is 20.5 Å². The number of nitrogens with one attached hydrogen (secondary N) is 2. The van der Waals surface area contributed by atoms with Gasteiger partial charge >= 0.3 is 0 Å². The molecule has 0 aromatic heterocycles. The van der Waals surface area contributed by atoms with Gasteiger partial charge in [0, 0.05) is 23.7 Å². The smallest absolute Gasteiger partial charge is 0.243 e. The lowest BCUT2D eigenvalue weighted by Gasteiger charge is -2.19. The lowest BCUT2D eigenvalue weighted by Crippen LogP contribution is -2.36. The third-order valence-electron chi connectivity index (χ3n) is 5.94. The molecule has 1 fully saturated rings. The SMILES string of the molecule is Cc1ccc(N2C[C@@H](C(=O)NNc3cc(Cl)ccc3OCc3ccc(Cl)c(Cl)c3)CC2=O)cc1C. The number of hydrogen-bond donors (Lipinski definition) is 2. The van der Waals surface area contributed by atoms with E-state index in [9.17, 15) is 9.59 Å². The van der Waals surface area contributed by atoms with Crippen LogP contribution in [0.4, 0.5) is 11.4 Å². The van der Waals surface area contributed by atoms with Gasteiger partial charge in [0.15, 0.2) is 0 Å². The zero-order valence-electron chi connectivity index (χ0n) is 19.2. The Labute approximate surface area is 219 Å². The first-order chi connectivity index (χ1) is 16.7. The number of nitrogens with zero attached hydrogens (tertiary/aromatic N) is 1. The lowest BCUT2D eigenvalue weighted by molar-refractivity contribution is -0.125. The minimum atomic E-state index is -0.489. The number of halogens is 3. The average molecular weight is 533 g/mol. The van der Waals surface area contributed by atoms with Crippen LogP contribution in [0.5, 0.6) is 5.75 Å². The topological polar surface area (TPSA) is 70.7 Å². The largest absolute Gasteiger partial charge is 0.487 e. The molecule has 35 heavy (non-hydrogen) atoms. The highest BCUT2D eigenvalue weighted by atomic mass is 35.5. The van der Waals surface area contributed by atoms with E-state index in [0.29, 0.717) is 33.0 Å². The fourth-order valence-corrected chi connectivity index (χ4v) is 4.27. The van der Waals surface area contributed by atoms with Crippen molar-refractivity contribution in [2.45, 2.75) is 26.9 Å². The molecule has 3 aromatic rings. The molecule has 1 atom stereocenters. The van der Waals surface area contributed by atoms with Gasteiger partial charge in [-0.2, -0.15) is 0 Å². The highest BCUT2D eigenvalue weighted by Gasteiger charge is 2.35. The third-order valence-corrected chi connectivity index (χ3v) is 6.91. The van der Waals surface area contributed by atoms with Gasteiger partial charge in [0.05, 0.1) is 21.7 Å². The zero-order chi connectivity index (χ0) is 25.1. The van der Waals surface area contributed by atoms with Gasteiger partial charge in [-0.1, -0.05) is 46.9 Å². The van der Waals surface area contributed by atoms with E-state index >= 15 is 0 Å². The summed E-state index contributed by atoms with van der Waals surface area (Å²) in [4.78, 5) is 27.1. The van der Waals surface area contributed by atoms with Crippen molar-refractivity contribution in [2.24, 2.45) is 5.92 Å². The number of carbonyl (C=O) groups is 2. The summed E-state index contributed by atoms with van der Waals surface area (Å²) in [7, 11) is 0. The minimum absolute atomic E-state index is 0.0817. The van der Waals surface area contributed by atoms with Gasteiger partial charge in [-0.25, -0.2) is 0 Å². The Morgan fingerprint density at radius 2 is 1.80 bits per heavy atom. The number of benzene rings is 3. The zero-order valence-corrected chi connectivity index (χ0v) is 21.5. The van der Waals surface area contributed by atoms with Crippen LogP contribution in [-0.2, 0) is 16.2 Å². The quantitative estimate of drug-likeness (QED) is 0.348. The molecule has 0 saturated carbocycles. The summed E-state index contributed by atoms with van der Waals surface area (Å²) in [6.45, 7) is 4.57. The molecule has 9 heteroatoms. The molecule has 0 aliphatic carbocycles. The molecule has 1 heterocycles. The summed E-state index contributed by atoms with van der Waals surface area (Å²) >= 11 is 18.2. The number of amides is 2. The van der Waals surface area contributed by atoms with E-state index in [1.54, 1.807) is 35.2 Å². The van der Waals surface area contributed by atoms with E-state index in [1.165, 1.54) is 0 Å². The lowest BCUT2D eigenvalue weighted by atomic mass is 10.1. The standard InChI is InChI=1S/C26H24Cl3N3O3/c1-15-3-6-20(9-16(15)2)32-13-18(11-25(32)33)26(34)31-30-23-12-19(27)5-8-24(23)35-14-17-4-7-21(28)22(29)10-17/h3-10,12,18,30H,11,13-14H2,1-2H3,(H,31,34)/t18-/m0/s1. The average Bonchev–Trinajstić information content (AvgIpc) is 3.22. The second-order valence-corrected chi connectivity index (χ2v) is 9.72. The van der Waals surface area contributed by atoms with Crippen molar-refractivity contribution in [3.05, 3.63) is 86.4 Å². The molecule has 0 spiro atoms. The number of hydrogen-bond acceptors (Lipinski definition) is 4. The molecule has 3 aromatic carbocycles. The Balaban J connectivity index is 1.39. The predicted molar refractivity (Wildman–Crippen MR) is 140 cm³/mol. The van der Waals surface area contributed by atoms with Crippen LogP contribution in [0.2, 0.25) is 15.1 Å². The van der Waals surface area contributed by atoms with Crippen LogP contribution in [0.25, 0.3) is 0 Å². The summed E-state index contributed by atoms with van der Waals surface area (Å²) in [6, 6.07) is 16.1. The molecule has 0 radical (unpaired) electrons. The summed E-state index contributed by atoms with van der Waals surface area (Å²) < 4.78 is 5.91. The van der Waals surface area contributed by atoms with E-state index < -0.39 is 5.92 Å². The van der Waals surface area contributed by atoms with Crippen LogP contribution in [0.3, 0.4) is 0 Å². The molecule has 0 unspecified atom stereocenters. The number of rotatable bonds is 7. The van der Waals surface area contributed by atoms with Gasteiger partial charge in [0.1, 0.15) is 12.4 Å². The second kappa shape index (κ2) is 10.8. The van der Waals surface area contributed by atoms with E-state index in [0.717, 1.165) is 22.4 Å². The van der Waals surface area contributed by atoms with Crippen LogP contribution in [0.15, 0.2) is 54.6 Å². The molecule has 1 saturated heterocycles. The maximum atomic E-state index is 12.9. The number of ether oxygens (including phenoxy) is 1. The van der Waals surface area contributed by atoms with Gasteiger partial charge in [-0.15, -0.1) is 0 Å². The number of aryl methyl sites for hydroxylation is 2.